The van der Waals surface area contributed by atoms with Crippen LogP contribution in [0, 0.1) is 0 Å². The summed E-state index contributed by atoms with van der Waals surface area (Å²) in [5.41, 5.74) is 7.52. The maximum absolute atomic E-state index is 5.31. The predicted octanol–water partition coefficient (Wildman–Crippen LogP) is 0.353. The Balaban J connectivity index is 1.60. The molecule has 1 aromatic rings. The second kappa shape index (κ2) is 8.56. The number of ether oxygens (including phenoxy) is 1. The monoisotopic (exact) mass is 307 g/mol. The largest absolute Gasteiger partial charge is 0.379 e. The van der Waals surface area contributed by atoms with E-state index >= 15 is 0 Å². The van der Waals surface area contributed by atoms with Gasteiger partial charge in [-0.05, 0) is 24.4 Å². The zero-order valence-electron chi connectivity index (χ0n) is 12.0. The van der Waals surface area contributed by atoms with Crippen LogP contribution in [-0.2, 0) is 4.74 Å². The molecule has 0 unspecified atom stereocenters. The number of nitrogens with one attached hydrogen (secondary N) is 3. The van der Waals surface area contributed by atoms with Gasteiger partial charge in [-0.3, -0.25) is 20.7 Å². The van der Waals surface area contributed by atoms with Gasteiger partial charge >= 0.3 is 0 Å². The summed E-state index contributed by atoms with van der Waals surface area (Å²) in [6.45, 7) is 9.28. The number of nitrogens with zero attached hydrogens (tertiary/aromatic N) is 2. The molecular weight excluding hydrogens is 286 g/mol. The van der Waals surface area contributed by atoms with E-state index in [1.165, 1.54) is 0 Å². The highest BCUT2D eigenvalue weighted by atomic mass is 32.1. The fourth-order valence-electron chi connectivity index (χ4n) is 1.94. The molecule has 0 aromatic carbocycles. The van der Waals surface area contributed by atoms with Gasteiger partial charge in [0, 0.05) is 44.1 Å². The van der Waals surface area contributed by atoms with E-state index in [0.29, 0.717) is 5.11 Å². The Morgan fingerprint density at radius 1 is 1.38 bits per heavy atom. The number of hydrogen-bond acceptors (Lipinski definition) is 5. The molecule has 1 aliphatic rings. The van der Waals surface area contributed by atoms with Gasteiger partial charge in [-0.25, -0.2) is 0 Å². The molecule has 7 heteroatoms. The summed E-state index contributed by atoms with van der Waals surface area (Å²) >= 11 is 5.20. The third-order valence-corrected chi connectivity index (χ3v) is 3.40. The van der Waals surface area contributed by atoms with Crippen molar-refractivity contribution in [3.63, 3.8) is 0 Å². The fraction of sp³-hybridized carbons (Fsp3) is 0.429. The lowest BCUT2D eigenvalue weighted by atomic mass is 10.2. The number of hydrogen-bond donors (Lipinski definition) is 3. The molecule has 21 heavy (non-hydrogen) atoms. The zero-order chi connectivity index (χ0) is 14.9. The molecule has 1 saturated heterocycles. The summed E-state index contributed by atoms with van der Waals surface area (Å²) in [5.74, 6) is 0. The average Bonchev–Trinajstić information content (AvgIpc) is 2.54. The van der Waals surface area contributed by atoms with E-state index in [1.54, 1.807) is 12.4 Å². The molecule has 3 N–H and O–H groups in total. The second-order valence-corrected chi connectivity index (χ2v) is 5.09. The van der Waals surface area contributed by atoms with Gasteiger partial charge < -0.3 is 10.1 Å². The van der Waals surface area contributed by atoms with Crippen LogP contribution < -0.4 is 16.2 Å². The van der Waals surface area contributed by atoms with Crippen molar-refractivity contribution < 1.29 is 4.74 Å². The van der Waals surface area contributed by atoms with Crippen LogP contribution in [0.3, 0.4) is 0 Å². The Kier molecular flexibility index (Phi) is 6.39. The first kappa shape index (κ1) is 15.7. The minimum atomic E-state index is 0.549. The number of pyridine rings is 1. The third kappa shape index (κ3) is 5.66. The van der Waals surface area contributed by atoms with E-state index in [2.05, 4.69) is 32.6 Å². The Morgan fingerprint density at radius 2 is 2.19 bits per heavy atom. The number of rotatable bonds is 6. The summed E-state index contributed by atoms with van der Waals surface area (Å²) in [4.78, 5) is 6.39. The van der Waals surface area contributed by atoms with Gasteiger partial charge in [0.15, 0.2) is 5.11 Å². The first-order valence-corrected chi connectivity index (χ1v) is 7.36. The molecule has 0 bridgehead atoms. The Hall–Kier alpha value is -1.70. The molecule has 6 nitrogen and oxygen atoms in total. The van der Waals surface area contributed by atoms with Gasteiger partial charge in [-0.1, -0.05) is 6.58 Å². The molecule has 114 valence electrons. The third-order valence-electron chi connectivity index (χ3n) is 3.15. The van der Waals surface area contributed by atoms with Gasteiger partial charge in [0.25, 0.3) is 0 Å². The summed E-state index contributed by atoms with van der Waals surface area (Å²) in [6, 6.07) is 3.79. The summed E-state index contributed by atoms with van der Waals surface area (Å²) in [6.07, 6.45) is 3.47. The highest BCUT2D eigenvalue weighted by molar-refractivity contribution is 7.80. The smallest absolute Gasteiger partial charge is 0.185 e. The van der Waals surface area contributed by atoms with Gasteiger partial charge in [-0.15, -0.1) is 0 Å². The van der Waals surface area contributed by atoms with Crippen molar-refractivity contribution in [3.8, 4) is 0 Å². The molecule has 0 aliphatic carbocycles. The molecule has 0 amide bonds. The lowest BCUT2D eigenvalue weighted by molar-refractivity contribution is 0.0389. The molecule has 1 fully saturated rings. The molecular formula is C14H21N5OS. The highest BCUT2D eigenvalue weighted by Gasteiger charge is 2.09. The average molecular weight is 307 g/mol. The van der Waals surface area contributed by atoms with E-state index in [1.807, 2.05) is 12.1 Å². The number of thiocarbonyl (C=S) groups is 1. The van der Waals surface area contributed by atoms with E-state index < -0.39 is 0 Å². The maximum atomic E-state index is 5.31. The van der Waals surface area contributed by atoms with Crippen LogP contribution in [0.4, 0.5) is 0 Å². The molecule has 1 aromatic heterocycles. The first-order chi connectivity index (χ1) is 10.3. The Morgan fingerprint density at radius 3 is 2.90 bits per heavy atom. The standard InChI is InChI=1S/C14H21N5OS/c1-12(13-3-2-4-15-11-13)17-18-14(21)16-5-6-19-7-9-20-10-8-19/h2-4,11,17H,1,5-10H2,(H2,16,18,21). The number of morpholine rings is 1. The molecule has 0 spiro atoms. The Labute approximate surface area is 130 Å². The Bertz CT molecular complexity index is 462. The minimum Gasteiger partial charge on any atom is -0.379 e. The van der Waals surface area contributed by atoms with E-state index in [4.69, 9.17) is 17.0 Å². The molecule has 0 atom stereocenters. The molecule has 1 aliphatic heterocycles. The van der Waals surface area contributed by atoms with Crippen LogP contribution >= 0.6 is 12.2 Å². The van der Waals surface area contributed by atoms with Crippen LogP contribution in [0.25, 0.3) is 5.70 Å². The molecule has 0 saturated carbocycles. The lowest BCUT2D eigenvalue weighted by Gasteiger charge is -2.26. The van der Waals surface area contributed by atoms with Crippen molar-refractivity contribution in [2.45, 2.75) is 0 Å². The van der Waals surface area contributed by atoms with Gasteiger partial charge in [0.05, 0.1) is 18.9 Å². The van der Waals surface area contributed by atoms with Gasteiger partial charge in [-0.2, -0.15) is 0 Å². The minimum absolute atomic E-state index is 0.549. The summed E-state index contributed by atoms with van der Waals surface area (Å²) in [5, 5.41) is 3.70. The molecule has 0 radical (unpaired) electrons. The molecule has 2 heterocycles. The van der Waals surface area contributed by atoms with Crippen molar-refractivity contribution in [1.82, 2.24) is 26.1 Å². The van der Waals surface area contributed by atoms with Crippen LogP contribution in [0.2, 0.25) is 0 Å². The van der Waals surface area contributed by atoms with Gasteiger partial charge in [0.1, 0.15) is 0 Å². The number of hydrazine groups is 1. The maximum Gasteiger partial charge on any atom is 0.185 e. The zero-order valence-corrected chi connectivity index (χ0v) is 12.8. The van der Waals surface area contributed by atoms with Crippen molar-refractivity contribution >= 4 is 23.0 Å². The van der Waals surface area contributed by atoms with Crippen LogP contribution in [0.1, 0.15) is 5.56 Å². The summed E-state index contributed by atoms with van der Waals surface area (Å²) in [7, 11) is 0. The van der Waals surface area contributed by atoms with Crippen molar-refractivity contribution in [3.05, 3.63) is 36.7 Å². The number of aromatic nitrogens is 1. The van der Waals surface area contributed by atoms with Crippen LogP contribution in [-0.4, -0.2) is 54.4 Å². The second-order valence-electron chi connectivity index (χ2n) is 4.68. The normalized spacial score (nSPS) is 15.2. The van der Waals surface area contributed by atoms with E-state index in [9.17, 15) is 0 Å². The fourth-order valence-corrected chi connectivity index (χ4v) is 2.10. The van der Waals surface area contributed by atoms with Crippen molar-refractivity contribution in [2.75, 3.05) is 39.4 Å². The van der Waals surface area contributed by atoms with Crippen LogP contribution in [0.15, 0.2) is 31.1 Å². The molecule has 2 rings (SSSR count). The predicted molar refractivity (Wildman–Crippen MR) is 87.4 cm³/mol. The van der Waals surface area contributed by atoms with Gasteiger partial charge in [0.2, 0.25) is 0 Å². The lowest BCUT2D eigenvalue weighted by Crippen LogP contribution is -2.46. The van der Waals surface area contributed by atoms with Crippen molar-refractivity contribution in [1.29, 1.82) is 0 Å². The van der Waals surface area contributed by atoms with E-state index in [-0.39, 0.29) is 0 Å². The summed E-state index contributed by atoms with van der Waals surface area (Å²) < 4.78 is 5.31. The topological polar surface area (TPSA) is 61.5 Å². The van der Waals surface area contributed by atoms with E-state index in [0.717, 1.165) is 50.7 Å². The SMILES string of the molecule is C=C(NNC(=S)NCCN1CCOCC1)c1cccnc1. The van der Waals surface area contributed by atoms with Crippen molar-refractivity contribution in [2.24, 2.45) is 0 Å². The highest BCUT2D eigenvalue weighted by Crippen LogP contribution is 2.04. The quantitative estimate of drug-likeness (QED) is 0.518. The van der Waals surface area contributed by atoms with Crippen LogP contribution in [0.5, 0.6) is 0 Å². The first-order valence-electron chi connectivity index (χ1n) is 6.95.